The van der Waals surface area contributed by atoms with Crippen LogP contribution in [0.4, 0.5) is 0 Å². The molecule has 0 fully saturated rings. The standard InChI is InChI=1S/C17H23N3O/c1-3-9-20-10-8-19-17(20)11-15(18-2)14-12-21-16-7-5-4-6-13(14)16/h4-8,10,14-15,18H,3,9,11-12H2,1-2H3. The van der Waals surface area contributed by atoms with Crippen molar-refractivity contribution in [2.75, 3.05) is 13.7 Å². The number of ether oxygens (including phenoxy) is 1. The normalized spacial score (nSPS) is 18.3. The number of hydrogen-bond donors (Lipinski definition) is 1. The molecule has 2 aromatic rings. The lowest BCUT2D eigenvalue weighted by molar-refractivity contribution is 0.300. The fraction of sp³-hybridized carbons (Fsp3) is 0.471. The van der Waals surface area contributed by atoms with Crippen molar-refractivity contribution in [1.29, 1.82) is 0 Å². The molecule has 4 heteroatoms. The summed E-state index contributed by atoms with van der Waals surface area (Å²) in [4.78, 5) is 4.53. The number of nitrogens with one attached hydrogen (secondary N) is 1. The minimum atomic E-state index is 0.339. The molecule has 1 N–H and O–H groups in total. The molecule has 1 aliphatic heterocycles. The molecule has 0 aliphatic carbocycles. The van der Waals surface area contributed by atoms with Gasteiger partial charge in [-0.2, -0.15) is 0 Å². The summed E-state index contributed by atoms with van der Waals surface area (Å²) < 4.78 is 8.08. The van der Waals surface area contributed by atoms with Gasteiger partial charge >= 0.3 is 0 Å². The van der Waals surface area contributed by atoms with Gasteiger partial charge in [0.05, 0.1) is 6.61 Å². The number of fused-ring (bicyclic) bond motifs is 1. The van der Waals surface area contributed by atoms with E-state index in [1.54, 1.807) is 0 Å². The van der Waals surface area contributed by atoms with Crippen molar-refractivity contribution >= 4 is 0 Å². The molecular weight excluding hydrogens is 262 g/mol. The van der Waals surface area contributed by atoms with Crippen LogP contribution in [0.3, 0.4) is 0 Å². The number of rotatable bonds is 6. The molecule has 0 saturated carbocycles. The van der Waals surface area contributed by atoms with Crippen molar-refractivity contribution in [2.24, 2.45) is 0 Å². The SMILES string of the molecule is CCCn1ccnc1CC(NC)C1COc2ccccc21. The van der Waals surface area contributed by atoms with Crippen LogP contribution in [0.5, 0.6) is 5.75 Å². The van der Waals surface area contributed by atoms with E-state index in [1.807, 2.05) is 19.3 Å². The van der Waals surface area contributed by atoms with E-state index in [4.69, 9.17) is 4.74 Å². The molecule has 0 radical (unpaired) electrons. The molecule has 0 amide bonds. The van der Waals surface area contributed by atoms with Gasteiger partial charge in [0.2, 0.25) is 0 Å². The van der Waals surface area contributed by atoms with Gasteiger partial charge in [-0.15, -0.1) is 0 Å². The molecule has 0 spiro atoms. The second kappa shape index (κ2) is 6.31. The minimum absolute atomic E-state index is 0.339. The zero-order valence-electron chi connectivity index (χ0n) is 12.7. The average Bonchev–Trinajstić information content (AvgIpc) is 3.12. The van der Waals surface area contributed by atoms with E-state index < -0.39 is 0 Å². The van der Waals surface area contributed by atoms with Crippen LogP contribution in [-0.2, 0) is 13.0 Å². The molecule has 112 valence electrons. The Morgan fingerprint density at radius 2 is 2.29 bits per heavy atom. The van der Waals surface area contributed by atoms with Gasteiger partial charge in [-0.1, -0.05) is 25.1 Å². The zero-order valence-corrected chi connectivity index (χ0v) is 12.7. The van der Waals surface area contributed by atoms with E-state index in [1.165, 1.54) is 5.56 Å². The van der Waals surface area contributed by atoms with E-state index in [-0.39, 0.29) is 0 Å². The average molecular weight is 285 g/mol. The number of aryl methyl sites for hydroxylation is 1. The highest BCUT2D eigenvalue weighted by atomic mass is 16.5. The molecule has 2 unspecified atom stereocenters. The fourth-order valence-corrected chi connectivity index (χ4v) is 3.14. The molecular formula is C17H23N3O. The molecule has 1 aromatic carbocycles. The predicted octanol–water partition coefficient (Wildman–Crippen LogP) is 2.60. The van der Waals surface area contributed by atoms with Crippen molar-refractivity contribution in [3.63, 3.8) is 0 Å². The van der Waals surface area contributed by atoms with E-state index in [0.29, 0.717) is 12.0 Å². The second-order valence-corrected chi connectivity index (χ2v) is 5.59. The molecule has 2 atom stereocenters. The van der Waals surface area contributed by atoms with Crippen molar-refractivity contribution in [3.8, 4) is 5.75 Å². The Balaban J connectivity index is 1.79. The number of imidazole rings is 1. The Hall–Kier alpha value is -1.81. The molecule has 0 saturated heterocycles. The van der Waals surface area contributed by atoms with Crippen LogP contribution in [0.1, 0.15) is 30.7 Å². The Labute approximate surface area is 126 Å². The summed E-state index contributed by atoms with van der Waals surface area (Å²) >= 11 is 0. The molecule has 2 heterocycles. The quantitative estimate of drug-likeness (QED) is 0.886. The monoisotopic (exact) mass is 285 g/mol. The van der Waals surface area contributed by atoms with Crippen LogP contribution in [0.15, 0.2) is 36.7 Å². The van der Waals surface area contributed by atoms with E-state index in [2.05, 4.69) is 46.2 Å². The lowest BCUT2D eigenvalue weighted by atomic mass is 9.91. The fourth-order valence-electron chi connectivity index (χ4n) is 3.14. The van der Waals surface area contributed by atoms with Gasteiger partial charge in [-0.05, 0) is 19.5 Å². The van der Waals surface area contributed by atoms with Gasteiger partial charge in [0.25, 0.3) is 0 Å². The van der Waals surface area contributed by atoms with Crippen molar-refractivity contribution < 1.29 is 4.74 Å². The van der Waals surface area contributed by atoms with Crippen molar-refractivity contribution in [2.45, 2.75) is 38.3 Å². The van der Waals surface area contributed by atoms with Gasteiger partial charge in [-0.25, -0.2) is 4.98 Å². The Morgan fingerprint density at radius 3 is 3.10 bits per heavy atom. The summed E-state index contributed by atoms with van der Waals surface area (Å²) in [5, 5.41) is 3.46. The second-order valence-electron chi connectivity index (χ2n) is 5.59. The van der Waals surface area contributed by atoms with Gasteiger partial charge in [0.15, 0.2) is 0 Å². The number of aromatic nitrogens is 2. The first-order valence-electron chi connectivity index (χ1n) is 7.72. The van der Waals surface area contributed by atoms with Gasteiger partial charge in [0.1, 0.15) is 11.6 Å². The lowest BCUT2D eigenvalue weighted by Gasteiger charge is -2.22. The van der Waals surface area contributed by atoms with Crippen LogP contribution in [-0.4, -0.2) is 29.2 Å². The third-order valence-electron chi connectivity index (χ3n) is 4.26. The number of benzene rings is 1. The van der Waals surface area contributed by atoms with E-state index in [9.17, 15) is 0 Å². The summed E-state index contributed by atoms with van der Waals surface area (Å²) in [5.74, 6) is 2.57. The Bertz CT molecular complexity index is 593. The van der Waals surface area contributed by atoms with Crippen LogP contribution in [0, 0.1) is 0 Å². The van der Waals surface area contributed by atoms with E-state index >= 15 is 0 Å². The first kappa shape index (κ1) is 14.1. The molecule has 21 heavy (non-hydrogen) atoms. The van der Waals surface area contributed by atoms with Gasteiger partial charge in [-0.3, -0.25) is 0 Å². The Morgan fingerprint density at radius 1 is 1.43 bits per heavy atom. The third-order valence-corrected chi connectivity index (χ3v) is 4.26. The molecule has 0 bridgehead atoms. The topological polar surface area (TPSA) is 39.1 Å². The van der Waals surface area contributed by atoms with Gasteiger partial charge in [0, 0.05) is 42.9 Å². The van der Waals surface area contributed by atoms with E-state index in [0.717, 1.165) is 37.6 Å². The van der Waals surface area contributed by atoms with Crippen LogP contribution in [0.25, 0.3) is 0 Å². The summed E-state index contributed by atoms with van der Waals surface area (Å²) in [6.45, 7) is 3.98. The summed E-state index contributed by atoms with van der Waals surface area (Å²) in [5.41, 5.74) is 1.31. The maximum Gasteiger partial charge on any atom is 0.122 e. The van der Waals surface area contributed by atoms with Crippen LogP contribution >= 0.6 is 0 Å². The van der Waals surface area contributed by atoms with Crippen LogP contribution in [0.2, 0.25) is 0 Å². The zero-order chi connectivity index (χ0) is 14.7. The van der Waals surface area contributed by atoms with Gasteiger partial charge < -0.3 is 14.6 Å². The van der Waals surface area contributed by atoms with Crippen LogP contribution < -0.4 is 10.1 Å². The molecule has 1 aliphatic rings. The first-order valence-corrected chi connectivity index (χ1v) is 7.72. The molecule has 1 aromatic heterocycles. The number of likely N-dealkylation sites (N-methyl/N-ethyl adjacent to an activating group) is 1. The highest BCUT2D eigenvalue weighted by molar-refractivity contribution is 5.40. The first-order chi connectivity index (χ1) is 10.3. The maximum absolute atomic E-state index is 5.82. The van der Waals surface area contributed by atoms with Crippen molar-refractivity contribution in [3.05, 3.63) is 48.0 Å². The predicted molar refractivity (Wildman–Crippen MR) is 83.7 cm³/mol. The third kappa shape index (κ3) is 2.81. The highest BCUT2D eigenvalue weighted by Gasteiger charge is 2.31. The molecule has 4 nitrogen and oxygen atoms in total. The number of para-hydroxylation sites is 1. The minimum Gasteiger partial charge on any atom is -0.493 e. The summed E-state index contributed by atoms with van der Waals surface area (Å²) in [6.07, 6.45) is 6.02. The lowest BCUT2D eigenvalue weighted by Crippen LogP contribution is -2.36. The smallest absolute Gasteiger partial charge is 0.122 e. The molecule has 3 rings (SSSR count). The number of nitrogens with zero attached hydrogens (tertiary/aromatic N) is 2. The maximum atomic E-state index is 5.82. The summed E-state index contributed by atoms with van der Waals surface area (Å²) in [7, 11) is 2.03. The van der Waals surface area contributed by atoms with Crippen molar-refractivity contribution in [1.82, 2.24) is 14.9 Å². The Kier molecular flexibility index (Phi) is 4.25. The largest absolute Gasteiger partial charge is 0.493 e. The highest BCUT2D eigenvalue weighted by Crippen LogP contribution is 2.36. The number of hydrogen-bond acceptors (Lipinski definition) is 3. The summed E-state index contributed by atoms with van der Waals surface area (Å²) in [6, 6.07) is 8.69.